The van der Waals surface area contributed by atoms with Gasteiger partial charge in [-0.1, -0.05) is 36.4 Å². The van der Waals surface area contributed by atoms with E-state index in [1.54, 1.807) is 11.0 Å². The normalized spacial score (nSPS) is 13.6. The number of benzene rings is 2. The van der Waals surface area contributed by atoms with Gasteiger partial charge in [0.25, 0.3) is 5.91 Å². The van der Waals surface area contributed by atoms with Crippen LogP contribution in [0.4, 0.5) is 0 Å². The van der Waals surface area contributed by atoms with Gasteiger partial charge >= 0.3 is 5.97 Å². The molecule has 0 spiro atoms. The molecule has 0 bridgehead atoms. The quantitative estimate of drug-likeness (QED) is 0.610. The third-order valence-electron chi connectivity index (χ3n) is 4.80. The number of esters is 1. The van der Waals surface area contributed by atoms with Gasteiger partial charge in [-0.25, -0.2) is 4.79 Å². The van der Waals surface area contributed by atoms with Crippen molar-refractivity contribution in [1.82, 2.24) is 4.90 Å². The molecular formula is C22H21NO5. The Balaban J connectivity index is 1.51. The molecule has 0 saturated carbocycles. The van der Waals surface area contributed by atoms with E-state index in [1.165, 1.54) is 0 Å². The molecule has 0 aliphatic carbocycles. The Morgan fingerprint density at radius 1 is 0.964 bits per heavy atom. The Morgan fingerprint density at radius 2 is 1.68 bits per heavy atom. The molecule has 1 aromatic heterocycles. The zero-order valence-corrected chi connectivity index (χ0v) is 15.4. The van der Waals surface area contributed by atoms with E-state index in [9.17, 15) is 9.59 Å². The number of hydrogen-bond donors (Lipinski definition) is 0. The van der Waals surface area contributed by atoms with E-state index < -0.39 is 5.97 Å². The Labute approximate surface area is 162 Å². The van der Waals surface area contributed by atoms with Crippen molar-refractivity contribution in [1.29, 1.82) is 0 Å². The first kappa shape index (κ1) is 18.1. The average molecular weight is 379 g/mol. The number of carbonyl (C=O) groups is 2. The topological polar surface area (TPSA) is 69.0 Å². The molecule has 1 amide bonds. The number of fused-ring (bicyclic) bond motifs is 1. The van der Waals surface area contributed by atoms with Crippen LogP contribution in [-0.4, -0.2) is 36.5 Å². The molecule has 0 unspecified atom stereocenters. The van der Waals surface area contributed by atoms with Crippen molar-refractivity contribution in [2.45, 2.75) is 19.4 Å². The van der Waals surface area contributed by atoms with Gasteiger partial charge in [0.2, 0.25) is 5.76 Å². The first-order valence-electron chi connectivity index (χ1n) is 9.35. The maximum absolute atomic E-state index is 12.6. The second-order valence-electron chi connectivity index (χ2n) is 6.67. The number of likely N-dealkylation sites (tertiary alicyclic amines) is 1. The number of hydrogen-bond acceptors (Lipinski definition) is 5. The van der Waals surface area contributed by atoms with Crippen LogP contribution in [0.3, 0.4) is 0 Å². The number of carbonyl (C=O) groups excluding carboxylic acids is 2. The van der Waals surface area contributed by atoms with Crippen LogP contribution in [0, 0.1) is 0 Å². The van der Waals surface area contributed by atoms with E-state index in [0.29, 0.717) is 16.9 Å². The fourth-order valence-corrected chi connectivity index (χ4v) is 3.33. The molecule has 28 heavy (non-hydrogen) atoms. The standard InChI is InChI=1S/C22H21NO5/c24-20(23-12-6-7-13-23)15-27-22(25)21-18(14-26-16-8-2-1-3-9-16)17-10-4-5-11-19(17)28-21/h1-5,8-11H,6-7,12-15H2. The molecule has 1 aliphatic heterocycles. The lowest BCUT2D eigenvalue weighted by atomic mass is 10.1. The highest BCUT2D eigenvalue weighted by atomic mass is 16.5. The van der Waals surface area contributed by atoms with Crippen LogP contribution in [0.15, 0.2) is 59.0 Å². The van der Waals surface area contributed by atoms with Crippen LogP contribution in [0.5, 0.6) is 5.75 Å². The van der Waals surface area contributed by atoms with Crippen LogP contribution < -0.4 is 4.74 Å². The number of furan rings is 1. The second-order valence-corrected chi connectivity index (χ2v) is 6.67. The lowest BCUT2D eigenvalue weighted by Crippen LogP contribution is -2.32. The number of ether oxygens (including phenoxy) is 2. The summed E-state index contributed by atoms with van der Waals surface area (Å²) in [7, 11) is 0. The Hall–Kier alpha value is -3.28. The predicted molar refractivity (Wildman–Crippen MR) is 103 cm³/mol. The minimum atomic E-state index is -0.657. The highest BCUT2D eigenvalue weighted by Crippen LogP contribution is 2.28. The van der Waals surface area contributed by atoms with Crippen LogP contribution in [0.25, 0.3) is 11.0 Å². The maximum Gasteiger partial charge on any atom is 0.375 e. The molecule has 1 fully saturated rings. The smallest absolute Gasteiger partial charge is 0.375 e. The molecular weight excluding hydrogens is 358 g/mol. The van der Waals surface area contributed by atoms with Crippen LogP contribution >= 0.6 is 0 Å². The van der Waals surface area contributed by atoms with Gasteiger partial charge in [-0.05, 0) is 31.0 Å². The van der Waals surface area contributed by atoms with E-state index in [2.05, 4.69) is 0 Å². The average Bonchev–Trinajstić information content (AvgIpc) is 3.39. The van der Waals surface area contributed by atoms with E-state index >= 15 is 0 Å². The van der Waals surface area contributed by atoms with Crippen LogP contribution in [-0.2, 0) is 16.1 Å². The van der Waals surface area contributed by atoms with E-state index in [0.717, 1.165) is 31.3 Å². The Kier molecular flexibility index (Phi) is 5.28. The van der Waals surface area contributed by atoms with E-state index in [-0.39, 0.29) is 24.9 Å². The number of amides is 1. The molecule has 6 nitrogen and oxygen atoms in total. The zero-order chi connectivity index (χ0) is 19.3. The SMILES string of the molecule is O=C(OCC(=O)N1CCCC1)c1oc2ccccc2c1COc1ccccc1. The number of para-hydroxylation sites is 2. The van der Waals surface area contributed by atoms with E-state index in [4.69, 9.17) is 13.9 Å². The molecule has 2 heterocycles. The molecule has 144 valence electrons. The first-order valence-corrected chi connectivity index (χ1v) is 9.35. The summed E-state index contributed by atoms with van der Waals surface area (Å²) in [5.74, 6) is -0.0675. The van der Waals surface area contributed by atoms with Gasteiger partial charge in [0.1, 0.15) is 17.9 Å². The summed E-state index contributed by atoms with van der Waals surface area (Å²) in [6, 6.07) is 16.7. The van der Waals surface area contributed by atoms with Gasteiger partial charge in [0, 0.05) is 18.5 Å². The van der Waals surface area contributed by atoms with Crippen molar-refractivity contribution in [2.24, 2.45) is 0 Å². The van der Waals surface area contributed by atoms with Crippen LogP contribution in [0.1, 0.15) is 29.0 Å². The molecule has 0 radical (unpaired) electrons. The predicted octanol–water partition coefficient (Wildman–Crippen LogP) is 3.79. The molecule has 1 saturated heterocycles. The zero-order valence-electron chi connectivity index (χ0n) is 15.4. The summed E-state index contributed by atoms with van der Waals surface area (Å²) < 4.78 is 16.8. The van der Waals surface area contributed by atoms with Gasteiger partial charge < -0.3 is 18.8 Å². The van der Waals surface area contributed by atoms with Gasteiger partial charge in [-0.2, -0.15) is 0 Å². The fourth-order valence-electron chi connectivity index (χ4n) is 3.33. The lowest BCUT2D eigenvalue weighted by molar-refractivity contribution is -0.133. The van der Waals surface area contributed by atoms with Gasteiger partial charge in [-0.15, -0.1) is 0 Å². The summed E-state index contributed by atoms with van der Waals surface area (Å²) in [5, 5.41) is 0.788. The fraction of sp³-hybridized carbons (Fsp3) is 0.273. The first-order chi connectivity index (χ1) is 13.7. The van der Waals surface area contributed by atoms with Crippen molar-refractivity contribution in [3.05, 3.63) is 65.9 Å². The largest absolute Gasteiger partial charge is 0.489 e. The Bertz CT molecular complexity index is 973. The number of nitrogens with zero attached hydrogens (tertiary/aromatic N) is 1. The van der Waals surface area contributed by atoms with Crippen molar-refractivity contribution in [2.75, 3.05) is 19.7 Å². The van der Waals surface area contributed by atoms with Gasteiger partial charge in [0.05, 0.1) is 5.56 Å². The molecule has 4 rings (SSSR count). The summed E-state index contributed by atoms with van der Waals surface area (Å²) in [6.45, 7) is 1.31. The summed E-state index contributed by atoms with van der Waals surface area (Å²) >= 11 is 0. The van der Waals surface area contributed by atoms with Crippen molar-refractivity contribution >= 4 is 22.8 Å². The highest BCUT2D eigenvalue weighted by molar-refractivity contribution is 5.96. The van der Waals surface area contributed by atoms with Crippen LogP contribution in [0.2, 0.25) is 0 Å². The van der Waals surface area contributed by atoms with Crippen molar-refractivity contribution in [3.8, 4) is 5.75 Å². The molecule has 0 atom stereocenters. The summed E-state index contributed by atoms with van der Waals surface area (Å²) in [4.78, 5) is 26.5. The molecule has 6 heteroatoms. The Morgan fingerprint density at radius 3 is 2.46 bits per heavy atom. The molecule has 3 aromatic rings. The summed E-state index contributed by atoms with van der Waals surface area (Å²) in [6.07, 6.45) is 1.98. The van der Waals surface area contributed by atoms with E-state index in [1.807, 2.05) is 48.5 Å². The van der Waals surface area contributed by atoms with Gasteiger partial charge in [-0.3, -0.25) is 4.79 Å². The highest BCUT2D eigenvalue weighted by Gasteiger charge is 2.25. The van der Waals surface area contributed by atoms with Gasteiger partial charge in [0.15, 0.2) is 6.61 Å². The molecule has 1 aliphatic rings. The lowest BCUT2D eigenvalue weighted by Gasteiger charge is -2.14. The maximum atomic E-state index is 12.6. The monoisotopic (exact) mass is 379 g/mol. The van der Waals surface area contributed by atoms with Crippen molar-refractivity contribution < 1.29 is 23.5 Å². The summed E-state index contributed by atoms with van der Waals surface area (Å²) in [5.41, 5.74) is 1.19. The molecule has 0 N–H and O–H groups in total. The minimum Gasteiger partial charge on any atom is -0.489 e. The minimum absolute atomic E-state index is 0.0753. The van der Waals surface area contributed by atoms with Crippen molar-refractivity contribution in [3.63, 3.8) is 0 Å². The third-order valence-corrected chi connectivity index (χ3v) is 4.80. The third kappa shape index (κ3) is 3.86. The second kappa shape index (κ2) is 8.17. The molecule has 2 aromatic carbocycles. The number of rotatable bonds is 6.